The van der Waals surface area contributed by atoms with Gasteiger partial charge in [-0.25, -0.2) is 4.79 Å². The topological polar surface area (TPSA) is 58.7 Å². The maximum atomic E-state index is 12.7. The van der Waals surface area contributed by atoms with Gasteiger partial charge in [-0.2, -0.15) is 18.2 Å². The lowest BCUT2D eigenvalue weighted by Gasteiger charge is -2.24. The van der Waals surface area contributed by atoms with Crippen molar-refractivity contribution < 1.29 is 18.0 Å². The molecule has 108 valence electrons. The van der Waals surface area contributed by atoms with Crippen LogP contribution >= 0.6 is 0 Å². The van der Waals surface area contributed by atoms with E-state index in [0.717, 1.165) is 12.1 Å². The Morgan fingerprint density at radius 3 is 2.70 bits per heavy atom. The largest absolute Gasteiger partial charge is 0.416 e. The fraction of sp³-hybridized carbons (Fsp3) is 0.385. The number of alkyl halides is 3. The van der Waals surface area contributed by atoms with Gasteiger partial charge in [0.2, 0.25) is 0 Å². The molecular formula is C13H14F3N3O. The normalized spacial score (nSPS) is 19.4. The van der Waals surface area contributed by atoms with Gasteiger partial charge in [-0.1, -0.05) is 19.1 Å². The summed E-state index contributed by atoms with van der Waals surface area (Å²) in [5.74, 6) is 0.0303. The van der Waals surface area contributed by atoms with Crippen LogP contribution in [0.3, 0.4) is 0 Å². The summed E-state index contributed by atoms with van der Waals surface area (Å²) in [6.07, 6.45) is -3.76. The zero-order valence-electron chi connectivity index (χ0n) is 10.8. The maximum Gasteiger partial charge on any atom is 0.416 e. The van der Waals surface area contributed by atoms with Crippen molar-refractivity contribution in [2.75, 3.05) is 6.54 Å². The van der Waals surface area contributed by atoms with E-state index in [2.05, 4.69) is 4.99 Å². The molecule has 0 fully saturated rings. The molecule has 0 saturated heterocycles. The number of nitrogens with two attached hydrogens (primary N) is 1. The fourth-order valence-electron chi connectivity index (χ4n) is 2.21. The molecule has 4 nitrogen and oxygen atoms in total. The van der Waals surface area contributed by atoms with Gasteiger partial charge in [-0.3, -0.25) is 0 Å². The molecule has 7 heteroatoms. The zero-order chi connectivity index (χ0) is 14.9. The van der Waals surface area contributed by atoms with Crippen molar-refractivity contribution in [3.05, 3.63) is 35.4 Å². The van der Waals surface area contributed by atoms with Crippen molar-refractivity contribution in [2.45, 2.75) is 25.6 Å². The molecule has 1 aromatic carbocycles. The van der Waals surface area contributed by atoms with Crippen molar-refractivity contribution >= 4 is 11.9 Å². The van der Waals surface area contributed by atoms with Crippen LogP contribution in [0.2, 0.25) is 0 Å². The molecule has 2 N–H and O–H groups in total. The highest BCUT2D eigenvalue weighted by Crippen LogP contribution is 2.33. The first-order chi connectivity index (χ1) is 9.34. The molecule has 0 saturated carbocycles. The lowest BCUT2D eigenvalue weighted by Crippen LogP contribution is -2.34. The van der Waals surface area contributed by atoms with E-state index in [-0.39, 0.29) is 5.84 Å². The Kier molecular flexibility index (Phi) is 3.69. The van der Waals surface area contributed by atoms with Crippen LogP contribution in [0.25, 0.3) is 0 Å². The van der Waals surface area contributed by atoms with Gasteiger partial charge in [0.15, 0.2) is 0 Å². The number of halogens is 3. The van der Waals surface area contributed by atoms with Gasteiger partial charge in [0.05, 0.1) is 5.56 Å². The van der Waals surface area contributed by atoms with Gasteiger partial charge >= 0.3 is 12.2 Å². The molecule has 0 radical (unpaired) electrons. The molecule has 0 bridgehead atoms. The number of aliphatic imine (C=N–C) groups is 1. The van der Waals surface area contributed by atoms with Crippen LogP contribution < -0.4 is 5.73 Å². The van der Waals surface area contributed by atoms with Crippen molar-refractivity contribution in [1.82, 2.24) is 4.90 Å². The van der Waals surface area contributed by atoms with Crippen LogP contribution in [0, 0.1) is 0 Å². The van der Waals surface area contributed by atoms with E-state index < -0.39 is 23.8 Å². The smallest absolute Gasteiger partial charge is 0.385 e. The molecule has 0 aliphatic carbocycles. The molecule has 1 unspecified atom stereocenters. The number of nitrogens with zero attached hydrogens (tertiary/aromatic N) is 2. The maximum absolute atomic E-state index is 12.7. The predicted molar refractivity (Wildman–Crippen MR) is 68.2 cm³/mol. The third kappa shape index (κ3) is 2.61. The SMILES string of the molecule is CCCN1C(=O)N=C(N)C1c1cccc(C(F)(F)F)c1. The number of rotatable bonds is 3. The third-order valence-electron chi connectivity index (χ3n) is 3.06. The minimum atomic E-state index is -4.43. The Hall–Kier alpha value is -2.05. The molecule has 2 rings (SSSR count). The Balaban J connectivity index is 2.39. The minimum Gasteiger partial charge on any atom is -0.385 e. The monoisotopic (exact) mass is 285 g/mol. The number of benzene rings is 1. The number of hydrogen-bond donors (Lipinski definition) is 1. The minimum absolute atomic E-state index is 0.0303. The summed E-state index contributed by atoms with van der Waals surface area (Å²) in [4.78, 5) is 16.7. The van der Waals surface area contributed by atoms with Crippen molar-refractivity contribution in [2.24, 2.45) is 10.7 Å². The molecule has 1 aliphatic rings. The summed E-state index contributed by atoms with van der Waals surface area (Å²) in [6, 6.07) is 3.59. The van der Waals surface area contributed by atoms with Crippen molar-refractivity contribution in [1.29, 1.82) is 0 Å². The standard InChI is InChI=1S/C13H14F3N3O/c1-2-6-19-10(11(17)18-12(19)20)8-4-3-5-9(7-8)13(14,15)16/h3-5,7,10H,2,6H2,1H3,(H2,17,18,20). The number of amides is 2. The molecule has 0 aromatic heterocycles. The van der Waals surface area contributed by atoms with E-state index in [1.54, 1.807) is 0 Å². The molecule has 1 aliphatic heterocycles. The van der Waals surface area contributed by atoms with E-state index in [1.165, 1.54) is 17.0 Å². The van der Waals surface area contributed by atoms with Crippen LogP contribution in [0.5, 0.6) is 0 Å². The quantitative estimate of drug-likeness (QED) is 0.928. The summed E-state index contributed by atoms with van der Waals surface area (Å²) in [5, 5.41) is 0. The summed E-state index contributed by atoms with van der Waals surface area (Å²) < 4.78 is 38.2. The highest BCUT2D eigenvalue weighted by molar-refractivity contribution is 6.03. The summed E-state index contributed by atoms with van der Waals surface area (Å²) in [6.45, 7) is 2.26. The highest BCUT2D eigenvalue weighted by Gasteiger charge is 2.36. The highest BCUT2D eigenvalue weighted by atomic mass is 19.4. The molecule has 2 amide bonds. The van der Waals surface area contributed by atoms with E-state index >= 15 is 0 Å². The first-order valence-corrected chi connectivity index (χ1v) is 6.16. The molecule has 20 heavy (non-hydrogen) atoms. The number of carbonyl (C=O) groups is 1. The van der Waals surface area contributed by atoms with E-state index in [1.807, 2.05) is 6.92 Å². The van der Waals surface area contributed by atoms with E-state index in [0.29, 0.717) is 18.5 Å². The Bertz CT molecular complexity index is 554. The summed E-state index contributed by atoms with van der Waals surface area (Å²) >= 11 is 0. The summed E-state index contributed by atoms with van der Waals surface area (Å²) in [7, 11) is 0. The molecule has 0 spiro atoms. The fourth-order valence-corrected chi connectivity index (χ4v) is 2.21. The summed E-state index contributed by atoms with van der Waals surface area (Å²) in [5.41, 5.74) is 5.24. The van der Waals surface area contributed by atoms with Crippen LogP contribution in [0.1, 0.15) is 30.5 Å². The third-order valence-corrected chi connectivity index (χ3v) is 3.06. The lowest BCUT2D eigenvalue weighted by atomic mass is 10.0. The van der Waals surface area contributed by atoms with Gasteiger partial charge in [-0.05, 0) is 24.1 Å². The average Bonchev–Trinajstić information content (AvgIpc) is 2.64. The molecule has 1 atom stereocenters. The number of hydrogen-bond acceptors (Lipinski definition) is 2. The van der Waals surface area contributed by atoms with E-state index in [9.17, 15) is 18.0 Å². The first-order valence-electron chi connectivity index (χ1n) is 6.16. The molecule has 1 heterocycles. The van der Waals surface area contributed by atoms with Gasteiger partial charge in [-0.15, -0.1) is 0 Å². The van der Waals surface area contributed by atoms with E-state index in [4.69, 9.17) is 5.73 Å². The van der Waals surface area contributed by atoms with Crippen molar-refractivity contribution in [3.8, 4) is 0 Å². The van der Waals surface area contributed by atoms with Gasteiger partial charge in [0, 0.05) is 6.54 Å². The Morgan fingerprint density at radius 1 is 1.40 bits per heavy atom. The Morgan fingerprint density at radius 2 is 2.10 bits per heavy atom. The average molecular weight is 285 g/mol. The predicted octanol–water partition coefficient (Wildman–Crippen LogP) is 2.95. The number of urea groups is 1. The van der Waals surface area contributed by atoms with Crippen LogP contribution in [-0.4, -0.2) is 23.3 Å². The Labute approximate surface area is 114 Å². The molecular weight excluding hydrogens is 271 g/mol. The van der Waals surface area contributed by atoms with Crippen LogP contribution in [0.4, 0.5) is 18.0 Å². The lowest BCUT2D eigenvalue weighted by molar-refractivity contribution is -0.137. The number of carbonyl (C=O) groups excluding carboxylic acids is 1. The van der Waals surface area contributed by atoms with Crippen molar-refractivity contribution in [3.63, 3.8) is 0 Å². The van der Waals surface area contributed by atoms with Crippen LogP contribution in [-0.2, 0) is 6.18 Å². The second-order valence-corrected chi connectivity index (χ2v) is 4.54. The zero-order valence-corrected chi connectivity index (χ0v) is 10.8. The first kappa shape index (κ1) is 14.4. The van der Waals surface area contributed by atoms with Gasteiger partial charge in [0.25, 0.3) is 0 Å². The molecule has 1 aromatic rings. The van der Waals surface area contributed by atoms with Gasteiger partial charge in [0.1, 0.15) is 11.9 Å². The van der Waals surface area contributed by atoms with Crippen LogP contribution in [0.15, 0.2) is 29.3 Å². The second kappa shape index (κ2) is 5.15. The number of amidine groups is 1. The van der Waals surface area contributed by atoms with Gasteiger partial charge < -0.3 is 10.6 Å². The second-order valence-electron chi connectivity index (χ2n) is 4.54.